The fourth-order valence-electron chi connectivity index (χ4n) is 3.15. The number of hydrogen-bond acceptors (Lipinski definition) is 4. The van der Waals surface area contributed by atoms with E-state index < -0.39 is 0 Å². The van der Waals surface area contributed by atoms with Gasteiger partial charge >= 0.3 is 0 Å². The molecule has 1 aliphatic heterocycles. The molecule has 2 N–H and O–H groups in total. The Morgan fingerprint density at radius 3 is 2.12 bits per heavy atom. The van der Waals surface area contributed by atoms with Crippen molar-refractivity contribution in [2.75, 3.05) is 37.6 Å². The molecule has 6 nitrogen and oxygen atoms in total. The second kappa shape index (κ2) is 10.0. The standard InChI is InChI=1S/C19H30N4O2/c1-3-23(4-2)17-11-9-16(10-12-17)19(25)21-20-18(24)15-22-13-7-5-6-8-14-22/h9-12H,3-8,13-15H2,1-2H3,(H,20,24)(H,21,25). The van der Waals surface area contributed by atoms with Crippen LogP contribution in [0.15, 0.2) is 24.3 Å². The Morgan fingerprint density at radius 1 is 0.960 bits per heavy atom. The predicted octanol–water partition coefficient (Wildman–Crippen LogP) is 2.17. The van der Waals surface area contributed by atoms with Gasteiger partial charge in [-0.1, -0.05) is 12.8 Å². The Morgan fingerprint density at radius 2 is 1.56 bits per heavy atom. The quantitative estimate of drug-likeness (QED) is 0.775. The van der Waals surface area contributed by atoms with E-state index in [-0.39, 0.29) is 11.8 Å². The molecule has 0 bridgehead atoms. The van der Waals surface area contributed by atoms with Crippen LogP contribution in [0.4, 0.5) is 5.69 Å². The molecule has 0 saturated carbocycles. The molecule has 2 amide bonds. The van der Waals surface area contributed by atoms with Crippen LogP contribution in [0.5, 0.6) is 0 Å². The minimum atomic E-state index is -0.296. The van der Waals surface area contributed by atoms with Gasteiger partial charge in [0, 0.05) is 24.3 Å². The summed E-state index contributed by atoms with van der Waals surface area (Å²) in [5, 5.41) is 0. The number of anilines is 1. The molecule has 0 aromatic heterocycles. The molecule has 1 aromatic rings. The summed E-state index contributed by atoms with van der Waals surface area (Å²) < 4.78 is 0. The highest BCUT2D eigenvalue weighted by Crippen LogP contribution is 2.14. The van der Waals surface area contributed by atoms with Gasteiger partial charge in [-0.05, 0) is 64.0 Å². The van der Waals surface area contributed by atoms with E-state index in [0.29, 0.717) is 12.1 Å². The molecule has 0 spiro atoms. The van der Waals surface area contributed by atoms with Gasteiger partial charge in [0.05, 0.1) is 6.54 Å². The van der Waals surface area contributed by atoms with Gasteiger partial charge in [-0.25, -0.2) is 0 Å². The molecule has 6 heteroatoms. The second-order valence-corrected chi connectivity index (χ2v) is 6.41. The number of rotatable bonds is 6. The van der Waals surface area contributed by atoms with Gasteiger partial charge < -0.3 is 4.90 Å². The maximum Gasteiger partial charge on any atom is 0.269 e. The first-order valence-electron chi connectivity index (χ1n) is 9.30. The molecule has 1 heterocycles. The van der Waals surface area contributed by atoms with Gasteiger partial charge in [0.1, 0.15) is 0 Å². The smallest absolute Gasteiger partial charge is 0.269 e. The van der Waals surface area contributed by atoms with E-state index in [4.69, 9.17) is 0 Å². The van der Waals surface area contributed by atoms with Crippen LogP contribution in [0.2, 0.25) is 0 Å². The fourth-order valence-corrected chi connectivity index (χ4v) is 3.15. The summed E-state index contributed by atoms with van der Waals surface area (Å²) in [5.74, 6) is -0.467. The average Bonchev–Trinajstić information content (AvgIpc) is 2.90. The van der Waals surface area contributed by atoms with E-state index in [2.05, 4.69) is 34.5 Å². The van der Waals surface area contributed by atoms with E-state index in [1.54, 1.807) is 12.1 Å². The highest BCUT2D eigenvalue weighted by Gasteiger charge is 2.14. The Bertz CT molecular complexity index is 547. The minimum Gasteiger partial charge on any atom is -0.372 e. The molecule has 0 atom stereocenters. The van der Waals surface area contributed by atoms with Crippen molar-refractivity contribution in [3.63, 3.8) is 0 Å². The molecule has 0 aliphatic carbocycles. The lowest BCUT2D eigenvalue weighted by molar-refractivity contribution is -0.123. The van der Waals surface area contributed by atoms with Crippen molar-refractivity contribution in [1.82, 2.24) is 15.8 Å². The van der Waals surface area contributed by atoms with E-state index in [0.717, 1.165) is 44.7 Å². The van der Waals surface area contributed by atoms with Crippen LogP contribution in [0.1, 0.15) is 49.9 Å². The zero-order valence-electron chi connectivity index (χ0n) is 15.4. The first-order valence-corrected chi connectivity index (χ1v) is 9.30. The van der Waals surface area contributed by atoms with Crippen LogP contribution < -0.4 is 15.8 Å². The third-order valence-corrected chi connectivity index (χ3v) is 4.64. The number of likely N-dealkylation sites (tertiary alicyclic amines) is 1. The lowest BCUT2D eigenvalue weighted by atomic mass is 10.2. The summed E-state index contributed by atoms with van der Waals surface area (Å²) in [7, 11) is 0. The number of amides is 2. The Kier molecular flexibility index (Phi) is 7.73. The average molecular weight is 346 g/mol. The summed E-state index contributed by atoms with van der Waals surface area (Å²) in [6.45, 7) is 8.29. The molecule has 1 aliphatic rings. The molecule has 1 fully saturated rings. The first kappa shape index (κ1) is 19.2. The maximum absolute atomic E-state index is 12.2. The predicted molar refractivity (Wildman–Crippen MR) is 101 cm³/mol. The van der Waals surface area contributed by atoms with E-state index in [1.807, 2.05) is 12.1 Å². The largest absolute Gasteiger partial charge is 0.372 e. The molecule has 0 radical (unpaired) electrons. The van der Waals surface area contributed by atoms with Crippen LogP contribution in [0, 0.1) is 0 Å². The highest BCUT2D eigenvalue weighted by molar-refractivity contribution is 5.95. The van der Waals surface area contributed by atoms with Crippen molar-refractivity contribution >= 4 is 17.5 Å². The molecule has 1 aromatic carbocycles. The number of hydrogen-bond donors (Lipinski definition) is 2. The summed E-state index contributed by atoms with van der Waals surface area (Å²) in [4.78, 5) is 28.5. The first-order chi connectivity index (χ1) is 12.1. The maximum atomic E-state index is 12.2. The van der Waals surface area contributed by atoms with Crippen molar-refractivity contribution < 1.29 is 9.59 Å². The van der Waals surface area contributed by atoms with Gasteiger partial charge in [0.15, 0.2) is 0 Å². The Labute approximate surface area is 150 Å². The third kappa shape index (κ3) is 6.05. The number of carbonyl (C=O) groups excluding carboxylic acids is 2. The number of nitrogens with one attached hydrogen (secondary N) is 2. The van der Waals surface area contributed by atoms with Gasteiger partial charge in [0.2, 0.25) is 0 Å². The van der Waals surface area contributed by atoms with Crippen LogP contribution in [-0.4, -0.2) is 49.4 Å². The molecule has 2 rings (SSSR count). The normalized spacial score (nSPS) is 15.3. The van der Waals surface area contributed by atoms with Crippen molar-refractivity contribution in [2.24, 2.45) is 0 Å². The van der Waals surface area contributed by atoms with Crippen LogP contribution in [0.3, 0.4) is 0 Å². The highest BCUT2D eigenvalue weighted by atomic mass is 16.2. The zero-order valence-corrected chi connectivity index (χ0v) is 15.4. The van der Waals surface area contributed by atoms with Crippen LogP contribution >= 0.6 is 0 Å². The van der Waals surface area contributed by atoms with Gasteiger partial charge in [-0.15, -0.1) is 0 Å². The second-order valence-electron chi connectivity index (χ2n) is 6.41. The van der Waals surface area contributed by atoms with Crippen LogP contribution in [-0.2, 0) is 4.79 Å². The number of hydrazine groups is 1. The molecule has 0 unspecified atom stereocenters. The Hall–Kier alpha value is -2.08. The number of benzene rings is 1. The SMILES string of the molecule is CCN(CC)c1ccc(C(=O)NNC(=O)CN2CCCCCC2)cc1. The Balaban J connectivity index is 1.80. The van der Waals surface area contributed by atoms with Gasteiger partial charge in [-0.2, -0.15) is 0 Å². The van der Waals surface area contributed by atoms with E-state index >= 15 is 0 Å². The van der Waals surface area contributed by atoms with E-state index in [1.165, 1.54) is 12.8 Å². The monoisotopic (exact) mass is 346 g/mol. The summed E-state index contributed by atoms with van der Waals surface area (Å²) in [5.41, 5.74) is 6.64. The molecule has 25 heavy (non-hydrogen) atoms. The lowest BCUT2D eigenvalue weighted by Gasteiger charge is -2.21. The number of carbonyl (C=O) groups is 2. The molecular weight excluding hydrogens is 316 g/mol. The van der Waals surface area contributed by atoms with E-state index in [9.17, 15) is 9.59 Å². The van der Waals surface area contributed by atoms with Crippen molar-refractivity contribution in [1.29, 1.82) is 0 Å². The van der Waals surface area contributed by atoms with Crippen LogP contribution in [0.25, 0.3) is 0 Å². The molecular formula is C19H30N4O2. The topological polar surface area (TPSA) is 64.7 Å². The summed E-state index contributed by atoms with van der Waals surface area (Å²) >= 11 is 0. The minimum absolute atomic E-state index is 0.171. The molecule has 138 valence electrons. The zero-order chi connectivity index (χ0) is 18.1. The van der Waals surface area contributed by atoms with Crippen molar-refractivity contribution in [3.05, 3.63) is 29.8 Å². The van der Waals surface area contributed by atoms with Crippen molar-refractivity contribution in [2.45, 2.75) is 39.5 Å². The van der Waals surface area contributed by atoms with Gasteiger partial charge in [-0.3, -0.25) is 25.3 Å². The van der Waals surface area contributed by atoms with Crippen molar-refractivity contribution in [3.8, 4) is 0 Å². The third-order valence-electron chi connectivity index (χ3n) is 4.64. The summed E-state index contributed by atoms with van der Waals surface area (Å²) in [6, 6.07) is 7.43. The fraction of sp³-hybridized carbons (Fsp3) is 0.579. The summed E-state index contributed by atoms with van der Waals surface area (Å²) in [6.07, 6.45) is 4.74. The number of nitrogens with zero attached hydrogens (tertiary/aromatic N) is 2. The lowest BCUT2D eigenvalue weighted by Crippen LogP contribution is -2.46. The molecule has 1 saturated heterocycles. The van der Waals surface area contributed by atoms with Gasteiger partial charge in [0.25, 0.3) is 11.8 Å².